The number of rotatable bonds is 8. The van der Waals surface area contributed by atoms with E-state index >= 15 is 0 Å². The predicted molar refractivity (Wildman–Crippen MR) is 71.8 cm³/mol. The highest BCUT2D eigenvalue weighted by atomic mass is 15.1. The molecule has 0 aromatic rings. The van der Waals surface area contributed by atoms with Gasteiger partial charge in [-0.3, -0.25) is 0 Å². The molecule has 1 N–H and O–H groups in total. The van der Waals surface area contributed by atoms with Crippen molar-refractivity contribution in [1.82, 2.24) is 10.2 Å². The van der Waals surface area contributed by atoms with Crippen LogP contribution in [0.15, 0.2) is 0 Å². The predicted octanol–water partition coefficient (Wildman–Crippen LogP) is 2.89. The van der Waals surface area contributed by atoms with Gasteiger partial charge in [0, 0.05) is 0 Å². The molecule has 0 atom stereocenters. The van der Waals surface area contributed by atoms with E-state index in [4.69, 9.17) is 0 Å². The highest BCUT2D eigenvalue weighted by Gasteiger charge is 2.14. The lowest BCUT2D eigenvalue weighted by atomic mass is 9.99. The zero-order chi connectivity index (χ0) is 11.6. The van der Waals surface area contributed by atoms with Crippen molar-refractivity contribution in [2.24, 2.45) is 5.92 Å². The molecular weight excluding hydrogens is 196 g/mol. The Hall–Kier alpha value is -0.0800. The molecule has 1 heterocycles. The Morgan fingerprint density at radius 3 is 2.50 bits per heavy atom. The first-order valence-electron chi connectivity index (χ1n) is 7.26. The molecule has 0 aromatic heterocycles. The van der Waals surface area contributed by atoms with Crippen LogP contribution in [0.1, 0.15) is 52.4 Å². The molecule has 96 valence electrons. The monoisotopic (exact) mass is 226 g/mol. The van der Waals surface area contributed by atoms with Gasteiger partial charge in [0.05, 0.1) is 0 Å². The molecule has 0 aliphatic carbocycles. The fraction of sp³-hybridized carbons (Fsp3) is 1.00. The Morgan fingerprint density at radius 1 is 1.06 bits per heavy atom. The lowest BCUT2D eigenvalue weighted by molar-refractivity contribution is 0.189. The fourth-order valence-corrected chi connectivity index (χ4v) is 2.35. The maximum atomic E-state index is 3.47. The second-order valence-electron chi connectivity index (χ2n) is 5.33. The van der Waals surface area contributed by atoms with Crippen LogP contribution in [-0.2, 0) is 0 Å². The van der Waals surface area contributed by atoms with Crippen molar-refractivity contribution < 1.29 is 0 Å². The number of likely N-dealkylation sites (tertiary alicyclic amines) is 1. The van der Waals surface area contributed by atoms with Gasteiger partial charge in [-0.05, 0) is 70.7 Å². The first kappa shape index (κ1) is 14.0. The van der Waals surface area contributed by atoms with Gasteiger partial charge in [0.25, 0.3) is 0 Å². The molecule has 1 aliphatic heterocycles. The van der Waals surface area contributed by atoms with E-state index in [-0.39, 0.29) is 0 Å². The van der Waals surface area contributed by atoms with E-state index in [2.05, 4.69) is 24.1 Å². The van der Waals surface area contributed by atoms with Crippen LogP contribution in [-0.4, -0.2) is 37.6 Å². The van der Waals surface area contributed by atoms with Crippen molar-refractivity contribution in [2.45, 2.75) is 52.4 Å². The molecule has 0 radical (unpaired) electrons. The standard InChI is InChI=1S/C14H30N2/c1-3-9-15-10-5-4-6-11-16-12-7-14(2)8-13-16/h14-15H,3-13H2,1-2H3. The van der Waals surface area contributed by atoms with Crippen LogP contribution in [0, 0.1) is 5.92 Å². The molecule has 0 unspecified atom stereocenters. The quantitative estimate of drug-likeness (QED) is 0.640. The SMILES string of the molecule is CCCNCCCCCN1CCC(C)CC1. The smallest absolute Gasteiger partial charge is 0.00162 e. The number of unbranched alkanes of at least 4 members (excludes halogenated alkanes) is 2. The number of nitrogens with zero attached hydrogens (tertiary/aromatic N) is 1. The Kier molecular flexibility index (Phi) is 7.87. The van der Waals surface area contributed by atoms with Crippen molar-refractivity contribution in [3.63, 3.8) is 0 Å². The van der Waals surface area contributed by atoms with E-state index < -0.39 is 0 Å². The van der Waals surface area contributed by atoms with E-state index in [1.807, 2.05) is 0 Å². The summed E-state index contributed by atoms with van der Waals surface area (Å²) in [6.07, 6.45) is 8.22. The summed E-state index contributed by atoms with van der Waals surface area (Å²) >= 11 is 0. The number of nitrogens with one attached hydrogen (secondary N) is 1. The Morgan fingerprint density at radius 2 is 1.81 bits per heavy atom. The van der Waals surface area contributed by atoms with Crippen LogP contribution in [0.5, 0.6) is 0 Å². The van der Waals surface area contributed by atoms with Crippen molar-refractivity contribution in [3.05, 3.63) is 0 Å². The maximum absolute atomic E-state index is 3.47. The highest BCUT2D eigenvalue weighted by molar-refractivity contribution is 4.69. The minimum atomic E-state index is 0.967. The minimum Gasteiger partial charge on any atom is -0.317 e. The fourth-order valence-electron chi connectivity index (χ4n) is 2.35. The number of hydrogen-bond donors (Lipinski definition) is 1. The van der Waals surface area contributed by atoms with E-state index in [1.54, 1.807) is 0 Å². The maximum Gasteiger partial charge on any atom is -0.00162 e. The molecule has 0 bridgehead atoms. The van der Waals surface area contributed by atoms with Gasteiger partial charge in [-0.2, -0.15) is 0 Å². The third kappa shape index (κ3) is 6.49. The summed E-state index contributed by atoms with van der Waals surface area (Å²) in [5.74, 6) is 0.967. The Bertz CT molecular complexity index is 151. The van der Waals surface area contributed by atoms with Crippen LogP contribution in [0.4, 0.5) is 0 Å². The molecule has 1 fully saturated rings. The molecule has 0 spiro atoms. The summed E-state index contributed by atoms with van der Waals surface area (Å²) in [6.45, 7) is 11.0. The van der Waals surface area contributed by atoms with Crippen molar-refractivity contribution in [3.8, 4) is 0 Å². The molecule has 2 heteroatoms. The van der Waals surface area contributed by atoms with Crippen LogP contribution >= 0.6 is 0 Å². The third-order valence-corrected chi connectivity index (χ3v) is 3.63. The summed E-state index contributed by atoms with van der Waals surface area (Å²) in [4.78, 5) is 2.65. The molecule has 0 aromatic carbocycles. The van der Waals surface area contributed by atoms with Crippen LogP contribution < -0.4 is 5.32 Å². The average molecular weight is 226 g/mol. The highest BCUT2D eigenvalue weighted by Crippen LogP contribution is 2.16. The van der Waals surface area contributed by atoms with Gasteiger partial charge >= 0.3 is 0 Å². The molecule has 1 rings (SSSR count). The summed E-state index contributed by atoms with van der Waals surface area (Å²) in [5, 5.41) is 3.47. The van der Waals surface area contributed by atoms with E-state index in [0.717, 1.165) is 5.92 Å². The molecule has 0 amide bonds. The van der Waals surface area contributed by atoms with Gasteiger partial charge in [0.15, 0.2) is 0 Å². The van der Waals surface area contributed by atoms with Crippen LogP contribution in [0.25, 0.3) is 0 Å². The summed E-state index contributed by atoms with van der Waals surface area (Å²) in [7, 11) is 0. The van der Waals surface area contributed by atoms with E-state index in [9.17, 15) is 0 Å². The first-order chi connectivity index (χ1) is 7.83. The lowest BCUT2D eigenvalue weighted by Crippen LogP contribution is -2.33. The van der Waals surface area contributed by atoms with E-state index in [0.29, 0.717) is 0 Å². The number of piperidine rings is 1. The zero-order valence-electron chi connectivity index (χ0n) is 11.3. The van der Waals surface area contributed by atoms with Crippen molar-refractivity contribution in [1.29, 1.82) is 0 Å². The van der Waals surface area contributed by atoms with Crippen LogP contribution in [0.2, 0.25) is 0 Å². The summed E-state index contributed by atoms with van der Waals surface area (Å²) in [5.41, 5.74) is 0. The van der Waals surface area contributed by atoms with Gasteiger partial charge in [-0.15, -0.1) is 0 Å². The zero-order valence-corrected chi connectivity index (χ0v) is 11.3. The average Bonchev–Trinajstić information content (AvgIpc) is 2.30. The second kappa shape index (κ2) is 9.00. The van der Waals surface area contributed by atoms with E-state index in [1.165, 1.54) is 71.2 Å². The largest absolute Gasteiger partial charge is 0.317 e. The summed E-state index contributed by atoms with van der Waals surface area (Å²) < 4.78 is 0. The van der Waals surface area contributed by atoms with Crippen molar-refractivity contribution >= 4 is 0 Å². The normalized spacial score (nSPS) is 19.1. The summed E-state index contributed by atoms with van der Waals surface area (Å²) in [6, 6.07) is 0. The molecule has 2 nitrogen and oxygen atoms in total. The van der Waals surface area contributed by atoms with Gasteiger partial charge in [0.2, 0.25) is 0 Å². The first-order valence-corrected chi connectivity index (χ1v) is 7.26. The van der Waals surface area contributed by atoms with Crippen LogP contribution in [0.3, 0.4) is 0 Å². The Balaban J connectivity index is 1.84. The topological polar surface area (TPSA) is 15.3 Å². The number of hydrogen-bond acceptors (Lipinski definition) is 2. The van der Waals surface area contributed by atoms with Gasteiger partial charge < -0.3 is 10.2 Å². The second-order valence-corrected chi connectivity index (χ2v) is 5.33. The molecular formula is C14H30N2. The lowest BCUT2D eigenvalue weighted by Gasteiger charge is -2.30. The Labute approximate surface area is 102 Å². The van der Waals surface area contributed by atoms with Gasteiger partial charge in [-0.1, -0.05) is 20.3 Å². The molecule has 16 heavy (non-hydrogen) atoms. The molecule has 1 aliphatic rings. The minimum absolute atomic E-state index is 0.967. The molecule has 0 saturated carbocycles. The van der Waals surface area contributed by atoms with Crippen molar-refractivity contribution in [2.75, 3.05) is 32.7 Å². The van der Waals surface area contributed by atoms with Gasteiger partial charge in [-0.25, -0.2) is 0 Å². The molecule has 1 saturated heterocycles. The van der Waals surface area contributed by atoms with Gasteiger partial charge in [0.1, 0.15) is 0 Å². The third-order valence-electron chi connectivity index (χ3n) is 3.63.